The Kier molecular flexibility index (Phi) is 4.37. The van der Waals surface area contributed by atoms with Gasteiger partial charge in [-0.2, -0.15) is 0 Å². The van der Waals surface area contributed by atoms with Crippen LogP contribution in [0.25, 0.3) is 0 Å². The summed E-state index contributed by atoms with van der Waals surface area (Å²) in [6.07, 6.45) is 5.09. The van der Waals surface area contributed by atoms with Crippen molar-refractivity contribution in [2.45, 2.75) is 38.0 Å². The molecule has 3 heteroatoms. The molecule has 2 rings (SSSR count). The fourth-order valence-corrected chi connectivity index (χ4v) is 3.02. The maximum Gasteiger partial charge on any atom is 0.123 e. The van der Waals surface area contributed by atoms with Crippen molar-refractivity contribution >= 4 is 27.5 Å². The smallest absolute Gasteiger partial charge is 0.123 e. The Morgan fingerprint density at radius 1 is 1.47 bits per heavy atom. The first-order valence-electron chi connectivity index (χ1n) is 6.10. The van der Waals surface area contributed by atoms with E-state index in [2.05, 4.69) is 35.0 Å². The average Bonchev–Trinajstić information content (AvgIpc) is 2.26. The highest BCUT2D eigenvalue weighted by Gasteiger charge is 2.24. The molecule has 0 spiro atoms. The third-order valence-corrected chi connectivity index (χ3v) is 4.88. The molecule has 1 aromatic rings. The fourth-order valence-electron chi connectivity index (χ4n) is 2.24. The number of aryl methyl sites for hydroxylation is 1. The SMILES string of the molecule is COc1cc(C)c(Br)cc1C(Cl)CC1CCC1. The Hall–Kier alpha value is -0.210. The molecule has 1 fully saturated rings. The van der Waals surface area contributed by atoms with E-state index < -0.39 is 0 Å². The van der Waals surface area contributed by atoms with Gasteiger partial charge in [0.15, 0.2) is 0 Å². The molecular formula is C14H18BrClO. The number of rotatable bonds is 4. The van der Waals surface area contributed by atoms with E-state index >= 15 is 0 Å². The number of benzene rings is 1. The summed E-state index contributed by atoms with van der Waals surface area (Å²) in [4.78, 5) is 0. The van der Waals surface area contributed by atoms with Crippen molar-refractivity contribution in [3.63, 3.8) is 0 Å². The fraction of sp³-hybridized carbons (Fsp3) is 0.571. The molecule has 1 aliphatic carbocycles. The lowest BCUT2D eigenvalue weighted by Crippen LogP contribution is -2.13. The van der Waals surface area contributed by atoms with E-state index in [9.17, 15) is 0 Å². The van der Waals surface area contributed by atoms with Crippen molar-refractivity contribution in [3.05, 3.63) is 27.7 Å². The van der Waals surface area contributed by atoms with Gasteiger partial charge in [-0.05, 0) is 37.0 Å². The number of methoxy groups -OCH3 is 1. The third kappa shape index (κ3) is 2.97. The second kappa shape index (κ2) is 5.62. The van der Waals surface area contributed by atoms with E-state index in [1.54, 1.807) is 7.11 Å². The maximum absolute atomic E-state index is 6.52. The summed E-state index contributed by atoms with van der Waals surface area (Å²) in [5.41, 5.74) is 2.29. The zero-order valence-electron chi connectivity index (χ0n) is 10.3. The monoisotopic (exact) mass is 316 g/mol. The summed E-state index contributed by atoms with van der Waals surface area (Å²) >= 11 is 10.1. The van der Waals surface area contributed by atoms with Gasteiger partial charge in [-0.15, -0.1) is 11.6 Å². The summed E-state index contributed by atoms with van der Waals surface area (Å²) in [5.74, 6) is 1.72. The molecule has 1 aromatic carbocycles. The van der Waals surface area contributed by atoms with Gasteiger partial charge in [-0.25, -0.2) is 0 Å². The number of hydrogen-bond acceptors (Lipinski definition) is 1. The molecule has 0 N–H and O–H groups in total. The van der Waals surface area contributed by atoms with Gasteiger partial charge in [0.1, 0.15) is 5.75 Å². The standard InChI is InChI=1S/C14H18BrClO/c1-9-6-14(17-2)11(8-12(9)15)13(16)7-10-4-3-5-10/h6,8,10,13H,3-5,7H2,1-2H3. The van der Waals surface area contributed by atoms with Crippen LogP contribution in [0.15, 0.2) is 16.6 Å². The molecule has 0 bridgehead atoms. The van der Waals surface area contributed by atoms with E-state index in [0.717, 1.165) is 28.1 Å². The first-order chi connectivity index (χ1) is 8.11. The predicted octanol–water partition coefficient (Wildman–Crippen LogP) is 5.24. The molecule has 0 radical (unpaired) electrons. The van der Waals surface area contributed by atoms with Crippen molar-refractivity contribution in [1.82, 2.24) is 0 Å². The lowest BCUT2D eigenvalue weighted by molar-refractivity contribution is 0.291. The van der Waals surface area contributed by atoms with Crippen LogP contribution in [-0.4, -0.2) is 7.11 Å². The first kappa shape index (κ1) is 13.2. The second-order valence-corrected chi connectivity index (χ2v) is 6.22. The normalized spacial score (nSPS) is 17.6. The Balaban J connectivity index is 2.19. The quantitative estimate of drug-likeness (QED) is 0.690. The topological polar surface area (TPSA) is 9.23 Å². The summed E-state index contributed by atoms with van der Waals surface area (Å²) in [6.45, 7) is 2.06. The summed E-state index contributed by atoms with van der Waals surface area (Å²) in [7, 11) is 1.71. The molecule has 94 valence electrons. The highest BCUT2D eigenvalue weighted by atomic mass is 79.9. The van der Waals surface area contributed by atoms with Gasteiger partial charge < -0.3 is 4.74 Å². The summed E-state index contributed by atoms with van der Waals surface area (Å²) < 4.78 is 6.53. The minimum absolute atomic E-state index is 0.0622. The summed E-state index contributed by atoms with van der Waals surface area (Å²) in [5, 5.41) is 0.0622. The summed E-state index contributed by atoms with van der Waals surface area (Å²) in [6, 6.07) is 4.15. The van der Waals surface area contributed by atoms with Crippen LogP contribution in [0, 0.1) is 12.8 Å². The predicted molar refractivity (Wildman–Crippen MR) is 76.0 cm³/mol. The molecule has 1 aliphatic rings. The lowest BCUT2D eigenvalue weighted by Gasteiger charge is -2.28. The molecule has 0 heterocycles. The molecule has 1 unspecified atom stereocenters. The van der Waals surface area contributed by atoms with Gasteiger partial charge in [-0.3, -0.25) is 0 Å². The Morgan fingerprint density at radius 2 is 2.18 bits per heavy atom. The van der Waals surface area contributed by atoms with Crippen molar-refractivity contribution in [1.29, 1.82) is 0 Å². The van der Waals surface area contributed by atoms with Gasteiger partial charge in [-0.1, -0.05) is 35.2 Å². The molecule has 0 saturated heterocycles. The molecule has 0 amide bonds. The first-order valence-corrected chi connectivity index (χ1v) is 7.33. The zero-order chi connectivity index (χ0) is 12.4. The molecular weight excluding hydrogens is 300 g/mol. The highest BCUT2D eigenvalue weighted by molar-refractivity contribution is 9.10. The largest absolute Gasteiger partial charge is 0.496 e. The molecule has 0 aromatic heterocycles. The number of halogens is 2. The molecule has 1 saturated carbocycles. The Labute approximate surface area is 117 Å². The van der Waals surface area contributed by atoms with Gasteiger partial charge in [0.25, 0.3) is 0 Å². The van der Waals surface area contributed by atoms with Crippen LogP contribution >= 0.6 is 27.5 Å². The van der Waals surface area contributed by atoms with Crippen molar-refractivity contribution < 1.29 is 4.74 Å². The lowest BCUT2D eigenvalue weighted by atomic mass is 9.81. The van der Waals surface area contributed by atoms with Crippen LogP contribution in [0.3, 0.4) is 0 Å². The third-order valence-electron chi connectivity index (χ3n) is 3.61. The van der Waals surface area contributed by atoms with E-state index in [4.69, 9.17) is 16.3 Å². The Morgan fingerprint density at radius 3 is 2.71 bits per heavy atom. The van der Waals surface area contributed by atoms with E-state index in [1.807, 2.05) is 0 Å². The van der Waals surface area contributed by atoms with Gasteiger partial charge in [0.05, 0.1) is 12.5 Å². The van der Waals surface area contributed by atoms with Gasteiger partial charge in [0, 0.05) is 10.0 Å². The number of ether oxygens (including phenoxy) is 1. The molecule has 0 aliphatic heterocycles. The van der Waals surface area contributed by atoms with Crippen molar-refractivity contribution in [2.75, 3.05) is 7.11 Å². The van der Waals surface area contributed by atoms with Crippen LogP contribution in [-0.2, 0) is 0 Å². The van der Waals surface area contributed by atoms with Crippen LogP contribution < -0.4 is 4.74 Å². The minimum Gasteiger partial charge on any atom is -0.496 e. The van der Waals surface area contributed by atoms with Crippen LogP contribution in [0.1, 0.15) is 42.2 Å². The van der Waals surface area contributed by atoms with E-state index in [1.165, 1.54) is 24.8 Å². The van der Waals surface area contributed by atoms with Crippen LogP contribution in [0.2, 0.25) is 0 Å². The zero-order valence-corrected chi connectivity index (χ0v) is 12.6. The molecule has 1 atom stereocenters. The maximum atomic E-state index is 6.52. The second-order valence-electron chi connectivity index (χ2n) is 4.84. The minimum atomic E-state index is 0.0622. The van der Waals surface area contributed by atoms with E-state index in [0.29, 0.717) is 0 Å². The van der Waals surface area contributed by atoms with Crippen molar-refractivity contribution in [3.8, 4) is 5.75 Å². The van der Waals surface area contributed by atoms with Crippen molar-refractivity contribution in [2.24, 2.45) is 5.92 Å². The van der Waals surface area contributed by atoms with E-state index in [-0.39, 0.29) is 5.38 Å². The number of hydrogen-bond donors (Lipinski definition) is 0. The number of alkyl halides is 1. The Bertz CT molecular complexity index is 401. The molecule has 17 heavy (non-hydrogen) atoms. The van der Waals surface area contributed by atoms with Crippen LogP contribution in [0.5, 0.6) is 5.75 Å². The average molecular weight is 318 g/mol. The van der Waals surface area contributed by atoms with Gasteiger partial charge in [0.2, 0.25) is 0 Å². The molecule has 1 nitrogen and oxygen atoms in total. The van der Waals surface area contributed by atoms with Gasteiger partial charge >= 0.3 is 0 Å². The van der Waals surface area contributed by atoms with Crippen LogP contribution in [0.4, 0.5) is 0 Å². The highest BCUT2D eigenvalue weighted by Crippen LogP contribution is 2.41.